The van der Waals surface area contributed by atoms with Crippen molar-refractivity contribution in [2.45, 2.75) is 13.0 Å². The third kappa shape index (κ3) is 2.68. The van der Waals surface area contributed by atoms with Gasteiger partial charge in [-0.1, -0.05) is 53.5 Å². The Labute approximate surface area is 117 Å². The summed E-state index contributed by atoms with van der Waals surface area (Å²) in [6.45, 7) is 2.05. The first-order valence-electron chi connectivity index (χ1n) is 5.60. The maximum absolute atomic E-state index is 6.23. The predicted octanol–water partition coefficient (Wildman–Crippen LogP) is 3.85. The number of nitrogens with one attached hydrogen (secondary N) is 1. The van der Waals surface area contributed by atoms with E-state index in [1.54, 1.807) is 6.07 Å². The van der Waals surface area contributed by atoms with E-state index in [9.17, 15) is 0 Å². The molecule has 0 fully saturated rings. The Bertz CT molecular complexity index is 555. The monoisotopic (exact) mass is 280 g/mol. The predicted molar refractivity (Wildman–Crippen MR) is 76.8 cm³/mol. The molecule has 0 heterocycles. The van der Waals surface area contributed by atoms with Crippen molar-refractivity contribution in [3.8, 4) is 0 Å². The Balaban J connectivity index is 2.49. The van der Waals surface area contributed by atoms with Crippen LogP contribution in [0.5, 0.6) is 0 Å². The van der Waals surface area contributed by atoms with Gasteiger partial charge in [-0.15, -0.1) is 0 Å². The van der Waals surface area contributed by atoms with Crippen LogP contribution in [0.1, 0.15) is 22.7 Å². The first kappa shape index (κ1) is 13.4. The zero-order chi connectivity index (χ0) is 13.1. The summed E-state index contributed by atoms with van der Waals surface area (Å²) >= 11 is 12.1. The lowest BCUT2D eigenvalue weighted by Crippen LogP contribution is -2.29. The molecule has 1 unspecified atom stereocenters. The van der Waals surface area contributed by atoms with Crippen LogP contribution in [0, 0.1) is 6.92 Å². The van der Waals surface area contributed by atoms with Gasteiger partial charge in [-0.2, -0.15) is 0 Å². The Morgan fingerprint density at radius 1 is 1.06 bits per heavy atom. The molecule has 0 aliphatic rings. The number of hydrogen-bond acceptors (Lipinski definition) is 2. The minimum absolute atomic E-state index is 0.143. The molecular formula is C14H14Cl2N2. The van der Waals surface area contributed by atoms with Crippen molar-refractivity contribution in [2.75, 3.05) is 0 Å². The average Bonchev–Trinajstić information content (AvgIpc) is 2.34. The quantitative estimate of drug-likeness (QED) is 0.662. The number of rotatable bonds is 3. The van der Waals surface area contributed by atoms with Crippen LogP contribution in [-0.2, 0) is 0 Å². The van der Waals surface area contributed by atoms with Crippen molar-refractivity contribution >= 4 is 23.2 Å². The molecule has 94 valence electrons. The highest BCUT2D eigenvalue weighted by molar-refractivity contribution is 6.35. The van der Waals surface area contributed by atoms with E-state index in [0.29, 0.717) is 10.0 Å². The smallest absolute Gasteiger partial charge is 0.0727 e. The van der Waals surface area contributed by atoms with E-state index in [-0.39, 0.29) is 6.04 Å². The van der Waals surface area contributed by atoms with E-state index in [4.69, 9.17) is 29.0 Å². The molecule has 2 aromatic carbocycles. The van der Waals surface area contributed by atoms with E-state index < -0.39 is 0 Å². The fraction of sp³-hybridized carbons (Fsp3) is 0.143. The second-order valence-corrected chi connectivity index (χ2v) is 4.97. The lowest BCUT2D eigenvalue weighted by molar-refractivity contribution is 0.634. The molecule has 0 aliphatic carbocycles. The molecule has 4 heteroatoms. The number of aryl methyl sites for hydroxylation is 1. The first-order chi connectivity index (χ1) is 8.63. The van der Waals surface area contributed by atoms with Gasteiger partial charge in [-0.25, -0.2) is 5.43 Å². The maximum atomic E-state index is 6.23. The lowest BCUT2D eigenvalue weighted by Gasteiger charge is -2.20. The fourth-order valence-electron chi connectivity index (χ4n) is 1.99. The molecule has 0 radical (unpaired) electrons. The summed E-state index contributed by atoms with van der Waals surface area (Å²) < 4.78 is 0. The van der Waals surface area contributed by atoms with Crippen molar-refractivity contribution in [3.05, 3.63) is 69.2 Å². The minimum atomic E-state index is -0.143. The van der Waals surface area contributed by atoms with E-state index in [1.165, 1.54) is 0 Å². The Hall–Kier alpha value is -1.06. The van der Waals surface area contributed by atoms with Crippen LogP contribution in [0.25, 0.3) is 0 Å². The molecule has 2 aromatic rings. The summed E-state index contributed by atoms with van der Waals surface area (Å²) in [5.41, 5.74) is 5.98. The van der Waals surface area contributed by atoms with Crippen LogP contribution >= 0.6 is 23.2 Å². The molecule has 2 nitrogen and oxygen atoms in total. The molecule has 1 atom stereocenters. The molecule has 0 aliphatic heterocycles. The van der Waals surface area contributed by atoms with Gasteiger partial charge in [0.2, 0.25) is 0 Å². The van der Waals surface area contributed by atoms with Gasteiger partial charge in [-0.3, -0.25) is 5.84 Å². The number of hydrogen-bond donors (Lipinski definition) is 2. The molecule has 0 aromatic heterocycles. The third-order valence-electron chi connectivity index (χ3n) is 2.94. The lowest BCUT2D eigenvalue weighted by atomic mass is 9.95. The summed E-state index contributed by atoms with van der Waals surface area (Å²) in [5.74, 6) is 5.67. The van der Waals surface area contributed by atoms with Crippen LogP contribution < -0.4 is 11.3 Å². The molecule has 18 heavy (non-hydrogen) atoms. The van der Waals surface area contributed by atoms with Crippen LogP contribution in [0.4, 0.5) is 0 Å². The van der Waals surface area contributed by atoms with Gasteiger partial charge < -0.3 is 0 Å². The van der Waals surface area contributed by atoms with Gasteiger partial charge in [0.05, 0.1) is 6.04 Å². The second kappa shape index (κ2) is 5.72. The molecular weight excluding hydrogens is 267 g/mol. The van der Waals surface area contributed by atoms with Crippen LogP contribution in [0.2, 0.25) is 10.0 Å². The van der Waals surface area contributed by atoms with Crippen LogP contribution in [-0.4, -0.2) is 0 Å². The average molecular weight is 281 g/mol. The number of halogens is 2. The highest BCUT2D eigenvalue weighted by Gasteiger charge is 2.17. The largest absolute Gasteiger partial charge is 0.271 e. The zero-order valence-corrected chi connectivity index (χ0v) is 11.5. The van der Waals surface area contributed by atoms with Gasteiger partial charge in [-0.05, 0) is 35.7 Å². The number of benzene rings is 2. The van der Waals surface area contributed by atoms with Gasteiger partial charge in [0.15, 0.2) is 0 Å². The minimum Gasteiger partial charge on any atom is -0.271 e. The summed E-state index contributed by atoms with van der Waals surface area (Å²) in [4.78, 5) is 0. The highest BCUT2D eigenvalue weighted by atomic mass is 35.5. The van der Waals surface area contributed by atoms with Gasteiger partial charge >= 0.3 is 0 Å². The van der Waals surface area contributed by atoms with Gasteiger partial charge in [0, 0.05) is 10.0 Å². The normalized spacial score (nSPS) is 12.4. The molecule has 3 N–H and O–H groups in total. The molecule has 0 bridgehead atoms. The van der Waals surface area contributed by atoms with E-state index >= 15 is 0 Å². The Morgan fingerprint density at radius 3 is 2.39 bits per heavy atom. The SMILES string of the molecule is Cc1ccccc1C(NN)c1ccc(Cl)cc1Cl. The van der Waals surface area contributed by atoms with E-state index in [2.05, 4.69) is 5.43 Å². The number of nitrogens with two attached hydrogens (primary N) is 1. The first-order valence-corrected chi connectivity index (χ1v) is 6.35. The summed E-state index contributed by atoms with van der Waals surface area (Å²) in [7, 11) is 0. The third-order valence-corrected chi connectivity index (χ3v) is 3.50. The summed E-state index contributed by atoms with van der Waals surface area (Å²) in [6, 6.07) is 13.3. The van der Waals surface area contributed by atoms with E-state index in [1.807, 2.05) is 43.3 Å². The summed E-state index contributed by atoms with van der Waals surface area (Å²) in [5, 5.41) is 1.22. The Kier molecular flexibility index (Phi) is 4.25. The van der Waals surface area contributed by atoms with E-state index in [0.717, 1.165) is 16.7 Å². The molecule has 2 rings (SSSR count). The fourth-order valence-corrected chi connectivity index (χ4v) is 2.51. The zero-order valence-electron chi connectivity index (χ0n) is 9.95. The van der Waals surface area contributed by atoms with Crippen molar-refractivity contribution in [1.29, 1.82) is 0 Å². The number of hydrazine groups is 1. The van der Waals surface area contributed by atoms with Crippen molar-refractivity contribution in [1.82, 2.24) is 5.43 Å². The maximum Gasteiger partial charge on any atom is 0.0727 e. The van der Waals surface area contributed by atoms with Crippen LogP contribution in [0.3, 0.4) is 0 Å². The standard InChI is InChI=1S/C14H14Cl2N2/c1-9-4-2-3-5-11(9)14(18-17)12-7-6-10(15)8-13(12)16/h2-8,14,18H,17H2,1H3. The summed E-state index contributed by atoms with van der Waals surface area (Å²) in [6.07, 6.45) is 0. The Morgan fingerprint density at radius 2 is 1.78 bits per heavy atom. The van der Waals surface area contributed by atoms with Crippen molar-refractivity contribution in [3.63, 3.8) is 0 Å². The van der Waals surface area contributed by atoms with Crippen LogP contribution in [0.15, 0.2) is 42.5 Å². The topological polar surface area (TPSA) is 38.0 Å². The highest BCUT2D eigenvalue weighted by Crippen LogP contribution is 2.31. The van der Waals surface area contributed by atoms with Gasteiger partial charge in [0.1, 0.15) is 0 Å². The van der Waals surface area contributed by atoms with Gasteiger partial charge in [0.25, 0.3) is 0 Å². The second-order valence-electron chi connectivity index (χ2n) is 4.12. The van der Waals surface area contributed by atoms with Crippen molar-refractivity contribution < 1.29 is 0 Å². The molecule has 0 spiro atoms. The van der Waals surface area contributed by atoms with Crippen molar-refractivity contribution in [2.24, 2.45) is 5.84 Å². The molecule has 0 amide bonds. The molecule has 0 saturated carbocycles. The molecule has 0 saturated heterocycles.